The van der Waals surface area contributed by atoms with Crippen LogP contribution in [0, 0.1) is 13.8 Å². The Bertz CT molecular complexity index is 775. The Labute approximate surface area is 158 Å². The molecule has 2 aromatic carbocycles. The average molecular weight is 375 g/mol. The molecule has 0 aliphatic heterocycles. The van der Waals surface area contributed by atoms with Crippen LogP contribution < -0.4 is 10.1 Å². The summed E-state index contributed by atoms with van der Waals surface area (Å²) in [6.07, 6.45) is 0. The summed E-state index contributed by atoms with van der Waals surface area (Å²) in [7, 11) is 0. The van der Waals surface area contributed by atoms with Gasteiger partial charge in [-0.15, -0.1) is 0 Å². The van der Waals surface area contributed by atoms with Crippen molar-refractivity contribution in [3.8, 4) is 5.75 Å². The second-order valence-corrected chi connectivity index (χ2v) is 6.45. The Morgan fingerprint density at radius 3 is 2.46 bits per heavy atom. The van der Waals surface area contributed by atoms with Crippen LogP contribution >= 0.6 is 11.6 Å². The molecule has 0 saturated heterocycles. The molecule has 0 aliphatic rings. The molecule has 0 unspecified atom stereocenters. The Balaban J connectivity index is 1.90. The maximum atomic E-state index is 12.3. The van der Waals surface area contributed by atoms with E-state index in [0.29, 0.717) is 23.0 Å². The number of carbonyl (C=O) groups excluding carboxylic acids is 2. The Morgan fingerprint density at radius 2 is 1.81 bits per heavy atom. The number of aryl methyl sites for hydroxylation is 2. The van der Waals surface area contributed by atoms with Gasteiger partial charge in [-0.25, -0.2) is 0 Å². The first-order valence-electron chi connectivity index (χ1n) is 8.42. The van der Waals surface area contributed by atoms with E-state index in [0.717, 1.165) is 11.1 Å². The summed E-state index contributed by atoms with van der Waals surface area (Å²) in [6.45, 7) is 5.94. The molecule has 0 fully saturated rings. The largest absolute Gasteiger partial charge is 0.484 e. The number of benzene rings is 2. The smallest absolute Gasteiger partial charge is 0.260 e. The number of nitrogens with one attached hydrogen (secondary N) is 1. The predicted molar refractivity (Wildman–Crippen MR) is 104 cm³/mol. The molecule has 0 saturated carbocycles. The van der Waals surface area contributed by atoms with Crippen LogP contribution in [0.4, 0.5) is 5.69 Å². The van der Waals surface area contributed by atoms with E-state index in [1.54, 1.807) is 12.1 Å². The van der Waals surface area contributed by atoms with E-state index >= 15 is 0 Å². The van der Waals surface area contributed by atoms with Crippen molar-refractivity contribution in [2.75, 3.05) is 25.0 Å². The zero-order chi connectivity index (χ0) is 19.1. The highest BCUT2D eigenvalue weighted by molar-refractivity contribution is 6.31. The minimum atomic E-state index is -0.277. The van der Waals surface area contributed by atoms with Crippen molar-refractivity contribution in [2.24, 2.45) is 0 Å². The van der Waals surface area contributed by atoms with Crippen molar-refractivity contribution in [3.63, 3.8) is 0 Å². The number of hydrogen-bond donors (Lipinski definition) is 1. The molecule has 2 amide bonds. The molecule has 0 aromatic heterocycles. The molecular formula is C20H23ClN2O3. The van der Waals surface area contributed by atoms with Gasteiger partial charge in [0.2, 0.25) is 5.91 Å². The molecule has 0 aliphatic carbocycles. The lowest BCUT2D eigenvalue weighted by molar-refractivity contribution is -0.136. The summed E-state index contributed by atoms with van der Waals surface area (Å²) in [4.78, 5) is 26.0. The molecule has 0 atom stereocenters. The summed E-state index contributed by atoms with van der Waals surface area (Å²) in [5, 5.41) is 3.34. The van der Waals surface area contributed by atoms with E-state index in [9.17, 15) is 9.59 Å². The van der Waals surface area contributed by atoms with Gasteiger partial charge in [0.15, 0.2) is 6.61 Å². The van der Waals surface area contributed by atoms with E-state index < -0.39 is 0 Å². The first-order chi connectivity index (χ1) is 12.4. The van der Waals surface area contributed by atoms with Crippen LogP contribution in [0.2, 0.25) is 5.02 Å². The highest BCUT2D eigenvalue weighted by atomic mass is 35.5. The summed E-state index contributed by atoms with van der Waals surface area (Å²) >= 11 is 5.96. The third kappa shape index (κ3) is 5.77. The van der Waals surface area contributed by atoms with Crippen molar-refractivity contribution in [2.45, 2.75) is 20.8 Å². The fourth-order valence-corrected chi connectivity index (χ4v) is 2.51. The van der Waals surface area contributed by atoms with Gasteiger partial charge in [0.05, 0.1) is 6.54 Å². The number of rotatable bonds is 7. The number of nitrogens with zero attached hydrogens (tertiary/aromatic N) is 1. The molecule has 26 heavy (non-hydrogen) atoms. The predicted octanol–water partition coefficient (Wildman–Crippen LogP) is 3.82. The number of anilines is 1. The summed E-state index contributed by atoms with van der Waals surface area (Å²) in [5.74, 6) is 0.103. The van der Waals surface area contributed by atoms with Gasteiger partial charge in [0.25, 0.3) is 5.91 Å². The van der Waals surface area contributed by atoms with Gasteiger partial charge in [-0.1, -0.05) is 35.4 Å². The van der Waals surface area contributed by atoms with E-state index in [4.69, 9.17) is 16.3 Å². The average Bonchev–Trinajstić information content (AvgIpc) is 2.62. The second kappa shape index (κ2) is 9.25. The minimum Gasteiger partial charge on any atom is -0.484 e. The summed E-state index contributed by atoms with van der Waals surface area (Å²) < 4.78 is 5.50. The van der Waals surface area contributed by atoms with Gasteiger partial charge in [-0.2, -0.15) is 0 Å². The summed E-state index contributed by atoms with van der Waals surface area (Å²) in [6, 6.07) is 12.7. The van der Waals surface area contributed by atoms with E-state index in [2.05, 4.69) is 5.32 Å². The monoisotopic (exact) mass is 374 g/mol. The van der Waals surface area contributed by atoms with E-state index in [1.165, 1.54) is 4.90 Å². The van der Waals surface area contributed by atoms with E-state index in [-0.39, 0.29) is 25.0 Å². The summed E-state index contributed by atoms with van der Waals surface area (Å²) in [5.41, 5.74) is 2.66. The van der Waals surface area contributed by atoms with Crippen molar-refractivity contribution in [1.82, 2.24) is 4.90 Å². The van der Waals surface area contributed by atoms with Gasteiger partial charge in [-0.3, -0.25) is 9.59 Å². The van der Waals surface area contributed by atoms with Crippen LogP contribution in [0.25, 0.3) is 0 Å². The van der Waals surface area contributed by atoms with Crippen LogP contribution in [0.1, 0.15) is 18.1 Å². The molecule has 0 radical (unpaired) electrons. The molecule has 6 heteroatoms. The second-order valence-electron chi connectivity index (χ2n) is 6.02. The number of amides is 2. The van der Waals surface area contributed by atoms with Crippen molar-refractivity contribution < 1.29 is 14.3 Å². The first kappa shape index (κ1) is 19.8. The maximum Gasteiger partial charge on any atom is 0.260 e. The highest BCUT2D eigenvalue weighted by Crippen LogP contribution is 2.20. The maximum absolute atomic E-state index is 12.3. The fourth-order valence-electron chi connectivity index (χ4n) is 2.34. The molecule has 0 spiro atoms. The van der Waals surface area contributed by atoms with Crippen molar-refractivity contribution >= 4 is 29.1 Å². The van der Waals surface area contributed by atoms with Crippen LogP contribution in [-0.4, -0.2) is 36.4 Å². The number of hydrogen-bond acceptors (Lipinski definition) is 3. The lowest BCUT2D eigenvalue weighted by Gasteiger charge is -2.21. The molecule has 1 N–H and O–H groups in total. The SMILES string of the molecule is CCN(CC(=O)Nc1cc(Cl)ccc1C)C(=O)COc1ccc(C)cc1. The lowest BCUT2D eigenvalue weighted by Crippen LogP contribution is -2.40. The van der Waals surface area contributed by atoms with Crippen LogP contribution in [0.5, 0.6) is 5.75 Å². The minimum absolute atomic E-state index is 0.0431. The fraction of sp³-hybridized carbons (Fsp3) is 0.300. The normalized spacial score (nSPS) is 10.3. The topological polar surface area (TPSA) is 58.6 Å². The molecule has 0 heterocycles. The standard InChI is InChI=1S/C20H23ClN2O3/c1-4-23(20(25)13-26-17-9-5-14(2)6-10-17)12-19(24)22-18-11-16(21)8-7-15(18)3/h5-11H,4,12-13H2,1-3H3,(H,22,24). The molecule has 2 aromatic rings. The highest BCUT2D eigenvalue weighted by Gasteiger charge is 2.17. The molecule has 138 valence electrons. The Morgan fingerprint density at radius 1 is 1.12 bits per heavy atom. The van der Waals surface area contributed by atoms with Crippen LogP contribution in [0.3, 0.4) is 0 Å². The molecule has 2 rings (SSSR count). The Kier molecular flexibility index (Phi) is 7.04. The van der Waals surface area contributed by atoms with Gasteiger partial charge in [-0.05, 0) is 50.6 Å². The van der Waals surface area contributed by atoms with Crippen LogP contribution in [0.15, 0.2) is 42.5 Å². The lowest BCUT2D eigenvalue weighted by atomic mass is 10.2. The van der Waals surface area contributed by atoms with Crippen molar-refractivity contribution in [1.29, 1.82) is 0 Å². The van der Waals surface area contributed by atoms with Gasteiger partial charge >= 0.3 is 0 Å². The number of likely N-dealkylation sites (N-methyl/N-ethyl adjacent to an activating group) is 1. The van der Waals surface area contributed by atoms with Crippen molar-refractivity contribution in [3.05, 3.63) is 58.6 Å². The number of halogens is 1. The molecular weight excluding hydrogens is 352 g/mol. The Hall–Kier alpha value is -2.53. The third-order valence-electron chi connectivity index (χ3n) is 3.93. The molecule has 0 bridgehead atoms. The van der Waals surface area contributed by atoms with Crippen LogP contribution in [-0.2, 0) is 9.59 Å². The first-order valence-corrected chi connectivity index (χ1v) is 8.80. The third-order valence-corrected chi connectivity index (χ3v) is 4.16. The van der Waals surface area contributed by atoms with Gasteiger partial charge in [0.1, 0.15) is 5.75 Å². The quantitative estimate of drug-likeness (QED) is 0.801. The van der Waals surface area contributed by atoms with Gasteiger partial charge < -0.3 is 15.0 Å². The zero-order valence-corrected chi connectivity index (χ0v) is 16.0. The van der Waals surface area contributed by atoms with Gasteiger partial charge in [0, 0.05) is 17.3 Å². The zero-order valence-electron chi connectivity index (χ0n) is 15.2. The number of ether oxygens (including phenoxy) is 1. The van der Waals surface area contributed by atoms with E-state index in [1.807, 2.05) is 51.1 Å². The number of carbonyl (C=O) groups is 2. The molecule has 5 nitrogen and oxygen atoms in total.